The van der Waals surface area contributed by atoms with Crippen LogP contribution in [0, 0.1) is 6.92 Å². The standard InChI is InChI=1S/C21H27N5O2/c1-3-16-6-4-5-7-18(16)24-21(27)26-9-8-19-17(14-26)20(23-15(2)22-19)25-10-12-28-13-11-25/h4-7H,3,8-14H2,1-2H3,(H,24,27). The number of para-hydroxylation sites is 1. The Morgan fingerprint density at radius 3 is 2.75 bits per heavy atom. The SMILES string of the molecule is CCc1ccccc1NC(=O)N1CCc2nc(C)nc(N3CCOCC3)c2C1. The lowest BCUT2D eigenvalue weighted by atomic mass is 10.1. The van der Waals surface area contributed by atoms with Crippen LogP contribution < -0.4 is 10.2 Å². The van der Waals surface area contributed by atoms with Crippen LogP contribution in [0.4, 0.5) is 16.3 Å². The Morgan fingerprint density at radius 1 is 1.18 bits per heavy atom. The van der Waals surface area contributed by atoms with E-state index >= 15 is 0 Å². The van der Waals surface area contributed by atoms with Crippen molar-refractivity contribution in [1.29, 1.82) is 0 Å². The summed E-state index contributed by atoms with van der Waals surface area (Å²) in [7, 11) is 0. The summed E-state index contributed by atoms with van der Waals surface area (Å²) in [6.45, 7) is 8.26. The van der Waals surface area contributed by atoms with Crippen molar-refractivity contribution in [1.82, 2.24) is 14.9 Å². The highest BCUT2D eigenvalue weighted by Gasteiger charge is 2.28. The average Bonchev–Trinajstić information content (AvgIpc) is 2.73. The molecule has 0 bridgehead atoms. The maximum Gasteiger partial charge on any atom is 0.322 e. The molecule has 7 nitrogen and oxygen atoms in total. The first kappa shape index (κ1) is 18.7. The van der Waals surface area contributed by atoms with Gasteiger partial charge in [-0.05, 0) is 25.0 Å². The summed E-state index contributed by atoms with van der Waals surface area (Å²) in [4.78, 5) is 26.4. The molecule has 28 heavy (non-hydrogen) atoms. The molecule has 148 valence electrons. The number of fused-ring (bicyclic) bond motifs is 1. The molecule has 3 heterocycles. The first-order valence-corrected chi connectivity index (χ1v) is 9.98. The van der Waals surface area contributed by atoms with Gasteiger partial charge >= 0.3 is 6.03 Å². The number of carbonyl (C=O) groups is 1. The molecule has 1 fully saturated rings. The number of morpholine rings is 1. The van der Waals surface area contributed by atoms with Crippen LogP contribution >= 0.6 is 0 Å². The Hall–Kier alpha value is -2.67. The number of rotatable bonds is 3. The molecule has 0 atom stereocenters. The Kier molecular flexibility index (Phi) is 5.43. The van der Waals surface area contributed by atoms with Gasteiger partial charge in [0.05, 0.1) is 25.5 Å². The van der Waals surface area contributed by atoms with E-state index in [-0.39, 0.29) is 6.03 Å². The number of anilines is 2. The fraction of sp³-hybridized carbons (Fsp3) is 0.476. The maximum absolute atomic E-state index is 12.9. The van der Waals surface area contributed by atoms with Crippen LogP contribution in [0.5, 0.6) is 0 Å². The normalized spacial score (nSPS) is 16.6. The molecule has 0 unspecified atom stereocenters. The van der Waals surface area contributed by atoms with Crippen molar-refractivity contribution in [3.8, 4) is 0 Å². The summed E-state index contributed by atoms with van der Waals surface area (Å²) >= 11 is 0. The molecule has 1 saturated heterocycles. The molecule has 2 aliphatic rings. The number of urea groups is 1. The smallest absolute Gasteiger partial charge is 0.322 e. The number of aryl methyl sites for hydroxylation is 2. The number of hydrogen-bond donors (Lipinski definition) is 1. The Labute approximate surface area is 165 Å². The number of benzene rings is 1. The molecule has 2 aromatic rings. The first-order valence-electron chi connectivity index (χ1n) is 9.98. The van der Waals surface area contributed by atoms with Crippen LogP contribution in [0.2, 0.25) is 0 Å². The quantitative estimate of drug-likeness (QED) is 0.885. The topological polar surface area (TPSA) is 70.6 Å². The monoisotopic (exact) mass is 381 g/mol. The van der Waals surface area contributed by atoms with E-state index in [4.69, 9.17) is 9.72 Å². The van der Waals surface area contributed by atoms with E-state index in [9.17, 15) is 4.79 Å². The van der Waals surface area contributed by atoms with Gasteiger partial charge < -0.3 is 19.9 Å². The van der Waals surface area contributed by atoms with Crippen LogP contribution in [0.1, 0.15) is 29.6 Å². The number of carbonyl (C=O) groups excluding carboxylic acids is 1. The highest BCUT2D eigenvalue weighted by atomic mass is 16.5. The van der Waals surface area contributed by atoms with E-state index in [1.807, 2.05) is 36.1 Å². The van der Waals surface area contributed by atoms with Crippen molar-refractivity contribution in [2.24, 2.45) is 0 Å². The third-order valence-corrected chi connectivity index (χ3v) is 5.39. The highest BCUT2D eigenvalue weighted by molar-refractivity contribution is 5.90. The third kappa shape index (κ3) is 3.80. The van der Waals surface area contributed by atoms with E-state index in [1.165, 1.54) is 0 Å². The van der Waals surface area contributed by atoms with Gasteiger partial charge in [0.2, 0.25) is 0 Å². The minimum absolute atomic E-state index is 0.0694. The number of ether oxygens (including phenoxy) is 1. The number of amides is 2. The lowest BCUT2D eigenvalue weighted by Crippen LogP contribution is -2.42. The molecule has 4 rings (SSSR count). The van der Waals surface area contributed by atoms with Crippen LogP contribution in [0.3, 0.4) is 0 Å². The highest BCUT2D eigenvalue weighted by Crippen LogP contribution is 2.28. The molecule has 0 aliphatic carbocycles. The van der Waals surface area contributed by atoms with Crippen molar-refractivity contribution in [2.75, 3.05) is 43.1 Å². The summed E-state index contributed by atoms with van der Waals surface area (Å²) in [5.74, 6) is 1.74. The zero-order valence-corrected chi connectivity index (χ0v) is 16.6. The van der Waals surface area contributed by atoms with E-state index in [1.54, 1.807) is 0 Å². The van der Waals surface area contributed by atoms with Crippen molar-refractivity contribution in [2.45, 2.75) is 33.2 Å². The average molecular weight is 381 g/mol. The van der Waals surface area contributed by atoms with Crippen molar-refractivity contribution in [3.05, 3.63) is 46.9 Å². The summed E-state index contributed by atoms with van der Waals surface area (Å²) < 4.78 is 5.48. The van der Waals surface area contributed by atoms with Gasteiger partial charge in [-0.15, -0.1) is 0 Å². The molecule has 0 radical (unpaired) electrons. The van der Waals surface area contributed by atoms with Gasteiger partial charge in [0, 0.05) is 37.3 Å². The Morgan fingerprint density at radius 2 is 1.96 bits per heavy atom. The summed E-state index contributed by atoms with van der Waals surface area (Å²) in [6, 6.07) is 7.89. The lowest BCUT2D eigenvalue weighted by molar-refractivity contribution is 0.122. The molecular weight excluding hydrogens is 354 g/mol. The van der Waals surface area contributed by atoms with E-state index in [2.05, 4.69) is 22.1 Å². The van der Waals surface area contributed by atoms with Gasteiger partial charge in [0.1, 0.15) is 11.6 Å². The number of nitrogens with zero attached hydrogens (tertiary/aromatic N) is 4. The molecular formula is C21H27N5O2. The molecule has 2 aliphatic heterocycles. The number of hydrogen-bond acceptors (Lipinski definition) is 5. The van der Waals surface area contributed by atoms with Crippen LogP contribution in [-0.4, -0.2) is 53.7 Å². The van der Waals surface area contributed by atoms with E-state index < -0.39 is 0 Å². The molecule has 0 spiro atoms. The second-order valence-corrected chi connectivity index (χ2v) is 7.23. The first-order chi connectivity index (χ1) is 13.7. The van der Waals surface area contributed by atoms with Crippen molar-refractivity contribution >= 4 is 17.5 Å². The molecule has 1 N–H and O–H groups in total. The van der Waals surface area contributed by atoms with Gasteiger partial charge in [0.25, 0.3) is 0 Å². The van der Waals surface area contributed by atoms with Gasteiger partial charge in [-0.3, -0.25) is 0 Å². The van der Waals surface area contributed by atoms with Crippen molar-refractivity contribution < 1.29 is 9.53 Å². The molecule has 0 saturated carbocycles. The van der Waals surface area contributed by atoms with E-state index in [0.29, 0.717) is 26.3 Å². The third-order valence-electron chi connectivity index (χ3n) is 5.39. The van der Waals surface area contributed by atoms with Gasteiger partial charge in [-0.25, -0.2) is 14.8 Å². The molecule has 2 amide bonds. The summed E-state index contributed by atoms with van der Waals surface area (Å²) in [5.41, 5.74) is 4.15. The molecule has 1 aromatic heterocycles. The Balaban J connectivity index is 1.56. The minimum atomic E-state index is -0.0694. The van der Waals surface area contributed by atoms with Gasteiger partial charge in [-0.1, -0.05) is 25.1 Å². The minimum Gasteiger partial charge on any atom is -0.378 e. The predicted octanol–water partition coefficient (Wildman–Crippen LogP) is 2.77. The maximum atomic E-state index is 12.9. The molecule has 1 aromatic carbocycles. The summed E-state index contributed by atoms with van der Waals surface area (Å²) in [5, 5.41) is 3.08. The predicted molar refractivity (Wildman–Crippen MR) is 109 cm³/mol. The van der Waals surface area contributed by atoms with Gasteiger partial charge in [-0.2, -0.15) is 0 Å². The second-order valence-electron chi connectivity index (χ2n) is 7.23. The van der Waals surface area contributed by atoms with Crippen LogP contribution in [-0.2, 0) is 24.1 Å². The van der Waals surface area contributed by atoms with E-state index in [0.717, 1.165) is 60.1 Å². The second kappa shape index (κ2) is 8.14. The largest absolute Gasteiger partial charge is 0.378 e. The fourth-order valence-corrected chi connectivity index (χ4v) is 3.87. The van der Waals surface area contributed by atoms with Crippen molar-refractivity contribution in [3.63, 3.8) is 0 Å². The lowest BCUT2D eigenvalue weighted by Gasteiger charge is -2.34. The zero-order chi connectivity index (χ0) is 19.5. The fourth-order valence-electron chi connectivity index (χ4n) is 3.87. The molecule has 7 heteroatoms. The number of nitrogens with one attached hydrogen (secondary N) is 1. The number of aromatic nitrogens is 2. The summed E-state index contributed by atoms with van der Waals surface area (Å²) in [6.07, 6.45) is 1.63. The Bertz CT molecular complexity index is 864. The van der Waals surface area contributed by atoms with Crippen LogP contribution in [0.15, 0.2) is 24.3 Å². The van der Waals surface area contributed by atoms with Gasteiger partial charge in [0.15, 0.2) is 0 Å². The van der Waals surface area contributed by atoms with Crippen LogP contribution in [0.25, 0.3) is 0 Å². The zero-order valence-electron chi connectivity index (χ0n) is 16.6.